The first-order valence-corrected chi connectivity index (χ1v) is 5.44. The summed E-state index contributed by atoms with van der Waals surface area (Å²) in [5.74, 6) is 0.525. The van der Waals surface area contributed by atoms with Gasteiger partial charge in [0.25, 0.3) is 0 Å². The van der Waals surface area contributed by atoms with Gasteiger partial charge in [-0.15, -0.1) is 0 Å². The Balaban J connectivity index is 2.38. The number of carboxylic acid groups (broad SMARTS) is 1. The van der Waals surface area contributed by atoms with Gasteiger partial charge in [0.15, 0.2) is 5.82 Å². The summed E-state index contributed by atoms with van der Waals surface area (Å²) in [4.78, 5) is 14.6. The molecule has 1 aromatic heterocycles. The van der Waals surface area contributed by atoms with E-state index in [0.29, 0.717) is 24.6 Å². The number of unbranched alkanes of at least 4 members (excludes halogenated alkanes) is 1. The molecule has 1 aromatic rings. The molecule has 0 unspecified atom stereocenters. The third-order valence-corrected chi connectivity index (χ3v) is 2.17. The Bertz CT molecular complexity index is 352. The van der Waals surface area contributed by atoms with E-state index in [1.54, 1.807) is 0 Å². The van der Waals surface area contributed by atoms with Crippen LogP contribution in [-0.4, -0.2) is 21.2 Å². The molecule has 16 heavy (non-hydrogen) atoms. The zero-order chi connectivity index (χ0) is 12.2. The number of hydrogen-bond acceptors (Lipinski definition) is 4. The normalized spacial score (nSPS) is 11.7. The molecule has 1 N–H and O–H groups in total. The van der Waals surface area contributed by atoms with E-state index < -0.39 is 5.97 Å². The Morgan fingerprint density at radius 2 is 2.06 bits per heavy atom. The summed E-state index contributed by atoms with van der Waals surface area (Å²) in [5.41, 5.74) is -0.108. The van der Waals surface area contributed by atoms with Crippen LogP contribution < -0.4 is 0 Å². The van der Waals surface area contributed by atoms with Crippen molar-refractivity contribution in [2.24, 2.45) is 0 Å². The lowest BCUT2D eigenvalue weighted by Gasteiger charge is -2.10. The van der Waals surface area contributed by atoms with Gasteiger partial charge < -0.3 is 9.63 Å². The van der Waals surface area contributed by atoms with Gasteiger partial charge in [-0.3, -0.25) is 4.79 Å². The van der Waals surface area contributed by atoms with Crippen LogP contribution in [0.5, 0.6) is 0 Å². The number of carbonyl (C=O) groups is 1. The summed E-state index contributed by atoms with van der Waals surface area (Å²) in [6.45, 7) is 6.06. The van der Waals surface area contributed by atoms with Gasteiger partial charge in [0.05, 0.1) is 0 Å². The largest absolute Gasteiger partial charge is 0.481 e. The van der Waals surface area contributed by atoms with Gasteiger partial charge in [-0.05, 0) is 12.8 Å². The molecule has 5 nitrogen and oxygen atoms in total. The highest BCUT2D eigenvalue weighted by Gasteiger charge is 2.20. The van der Waals surface area contributed by atoms with Gasteiger partial charge in [0, 0.05) is 18.3 Å². The molecule has 0 saturated heterocycles. The van der Waals surface area contributed by atoms with Crippen molar-refractivity contribution in [1.29, 1.82) is 0 Å². The molecule has 0 aromatic carbocycles. The van der Waals surface area contributed by atoms with Gasteiger partial charge in [-0.2, -0.15) is 4.98 Å². The Labute approximate surface area is 94.9 Å². The lowest BCUT2D eigenvalue weighted by Crippen LogP contribution is -2.13. The Kier molecular flexibility index (Phi) is 4.04. The summed E-state index contributed by atoms with van der Waals surface area (Å²) < 4.78 is 5.09. The number of nitrogens with zero attached hydrogens (tertiary/aromatic N) is 2. The van der Waals surface area contributed by atoms with E-state index in [1.807, 2.05) is 20.8 Å². The molecule has 0 bridgehead atoms. The smallest absolute Gasteiger partial charge is 0.303 e. The topological polar surface area (TPSA) is 76.2 Å². The van der Waals surface area contributed by atoms with Gasteiger partial charge >= 0.3 is 5.97 Å². The zero-order valence-electron chi connectivity index (χ0n) is 9.99. The fraction of sp³-hybridized carbons (Fsp3) is 0.727. The van der Waals surface area contributed by atoms with Crippen molar-refractivity contribution in [3.05, 3.63) is 11.7 Å². The third-order valence-electron chi connectivity index (χ3n) is 2.17. The van der Waals surface area contributed by atoms with Gasteiger partial charge in [0.1, 0.15) is 0 Å². The van der Waals surface area contributed by atoms with E-state index in [1.165, 1.54) is 0 Å². The summed E-state index contributed by atoms with van der Waals surface area (Å²) in [6, 6.07) is 0. The molecule has 0 aliphatic heterocycles. The van der Waals surface area contributed by atoms with Gasteiger partial charge in [-0.25, -0.2) is 0 Å². The SMILES string of the molecule is CC(C)(C)c1noc(CCCCC(=O)O)n1. The molecule has 0 fully saturated rings. The summed E-state index contributed by atoms with van der Waals surface area (Å²) in [7, 11) is 0. The number of aryl methyl sites for hydroxylation is 1. The molecule has 5 heteroatoms. The van der Waals surface area contributed by atoms with Crippen LogP contribution in [0.1, 0.15) is 51.7 Å². The van der Waals surface area contributed by atoms with Crippen LogP contribution in [0.15, 0.2) is 4.52 Å². The number of aromatic nitrogens is 2. The van der Waals surface area contributed by atoms with E-state index in [2.05, 4.69) is 10.1 Å². The first kappa shape index (κ1) is 12.7. The molecule has 90 valence electrons. The molecular formula is C11H18N2O3. The van der Waals surface area contributed by atoms with Crippen molar-refractivity contribution in [3.8, 4) is 0 Å². The molecule has 0 aliphatic rings. The molecule has 1 rings (SSSR count). The second kappa shape index (κ2) is 5.09. The van der Waals surface area contributed by atoms with Crippen molar-refractivity contribution in [2.75, 3.05) is 0 Å². The Hall–Kier alpha value is -1.39. The highest BCUT2D eigenvalue weighted by Crippen LogP contribution is 2.18. The first-order chi connectivity index (χ1) is 7.39. The molecule has 1 heterocycles. The maximum absolute atomic E-state index is 10.3. The minimum absolute atomic E-state index is 0.108. The van der Waals surface area contributed by atoms with E-state index in [9.17, 15) is 4.79 Å². The number of carboxylic acids is 1. The summed E-state index contributed by atoms with van der Waals surface area (Å²) >= 11 is 0. The second-order valence-electron chi connectivity index (χ2n) is 4.86. The quantitative estimate of drug-likeness (QED) is 0.778. The van der Waals surface area contributed by atoms with Gasteiger partial charge in [0.2, 0.25) is 5.89 Å². The number of rotatable bonds is 5. The molecule has 0 aliphatic carbocycles. The fourth-order valence-electron chi connectivity index (χ4n) is 1.21. The minimum atomic E-state index is -0.763. The Morgan fingerprint density at radius 3 is 2.56 bits per heavy atom. The standard InChI is InChI=1S/C11H18N2O3/c1-11(2,3)10-12-8(16-13-10)6-4-5-7-9(14)15/h4-7H2,1-3H3,(H,14,15). The van der Waals surface area contributed by atoms with Crippen LogP contribution in [0.4, 0.5) is 0 Å². The van der Waals surface area contributed by atoms with Crippen molar-refractivity contribution in [1.82, 2.24) is 10.1 Å². The van der Waals surface area contributed by atoms with Gasteiger partial charge in [-0.1, -0.05) is 25.9 Å². The maximum Gasteiger partial charge on any atom is 0.303 e. The fourth-order valence-corrected chi connectivity index (χ4v) is 1.21. The predicted octanol–water partition coefficient (Wildman–Crippen LogP) is 2.16. The minimum Gasteiger partial charge on any atom is -0.481 e. The van der Waals surface area contributed by atoms with Crippen molar-refractivity contribution in [2.45, 2.75) is 51.9 Å². The monoisotopic (exact) mass is 226 g/mol. The lowest BCUT2D eigenvalue weighted by molar-refractivity contribution is -0.137. The predicted molar refractivity (Wildman–Crippen MR) is 58.2 cm³/mol. The van der Waals surface area contributed by atoms with Crippen LogP contribution in [-0.2, 0) is 16.6 Å². The average Bonchev–Trinajstić information content (AvgIpc) is 2.59. The third kappa shape index (κ3) is 4.00. The second-order valence-corrected chi connectivity index (χ2v) is 4.86. The highest BCUT2D eigenvalue weighted by molar-refractivity contribution is 5.66. The van der Waals surface area contributed by atoms with E-state index in [0.717, 1.165) is 6.42 Å². The lowest BCUT2D eigenvalue weighted by atomic mass is 9.96. The highest BCUT2D eigenvalue weighted by atomic mass is 16.5. The van der Waals surface area contributed by atoms with E-state index >= 15 is 0 Å². The van der Waals surface area contributed by atoms with Crippen LogP contribution >= 0.6 is 0 Å². The number of hydrogen-bond donors (Lipinski definition) is 1. The molecule has 0 saturated carbocycles. The molecular weight excluding hydrogens is 208 g/mol. The van der Waals surface area contributed by atoms with E-state index in [-0.39, 0.29) is 11.8 Å². The number of aliphatic carboxylic acids is 1. The van der Waals surface area contributed by atoms with E-state index in [4.69, 9.17) is 9.63 Å². The summed E-state index contributed by atoms with van der Waals surface area (Å²) in [6.07, 6.45) is 2.25. The molecule has 0 amide bonds. The molecule has 0 radical (unpaired) electrons. The van der Waals surface area contributed by atoms with Crippen LogP contribution in [0.3, 0.4) is 0 Å². The van der Waals surface area contributed by atoms with Crippen molar-refractivity contribution < 1.29 is 14.4 Å². The first-order valence-electron chi connectivity index (χ1n) is 5.44. The average molecular weight is 226 g/mol. The Morgan fingerprint density at radius 1 is 1.38 bits per heavy atom. The maximum atomic E-state index is 10.3. The zero-order valence-corrected chi connectivity index (χ0v) is 9.99. The van der Waals surface area contributed by atoms with Crippen LogP contribution in [0, 0.1) is 0 Å². The molecule has 0 spiro atoms. The van der Waals surface area contributed by atoms with Crippen LogP contribution in [0.2, 0.25) is 0 Å². The molecule has 0 atom stereocenters. The van der Waals surface area contributed by atoms with Crippen molar-refractivity contribution in [3.63, 3.8) is 0 Å². The summed E-state index contributed by atoms with van der Waals surface area (Å²) in [5, 5.41) is 12.4. The van der Waals surface area contributed by atoms with Crippen LogP contribution in [0.25, 0.3) is 0 Å². The van der Waals surface area contributed by atoms with Crippen molar-refractivity contribution >= 4 is 5.97 Å².